The second kappa shape index (κ2) is 5.92. The topological polar surface area (TPSA) is 33.7 Å². The Kier molecular flexibility index (Phi) is 4.19. The summed E-state index contributed by atoms with van der Waals surface area (Å²) in [7, 11) is 3.81. The molecular formula is C15H21BrN2O2. The van der Waals surface area contributed by atoms with E-state index in [1.165, 1.54) is 12.0 Å². The molecule has 4 nitrogen and oxygen atoms in total. The summed E-state index contributed by atoms with van der Waals surface area (Å²) in [4.78, 5) is 2.25. The lowest BCUT2D eigenvalue weighted by atomic mass is 10.0. The molecule has 0 aromatic heterocycles. The van der Waals surface area contributed by atoms with E-state index < -0.39 is 0 Å². The molecule has 1 aromatic carbocycles. The van der Waals surface area contributed by atoms with E-state index in [0.717, 1.165) is 42.0 Å². The van der Waals surface area contributed by atoms with Crippen LogP contribution in [0.25, 0.3) is 0 Å². The van der Waals surface area contributed by atoms with Crippen LogP contribution >= 0.6 is 15.9 Å². The van der Waals surface area contributed by atoms with Crippen molar-refractivity contribution >= 4 is 15.9 Å². The minimum absolute atomic E-state index is 0.273. The van der Waals surface area contributed by atoms with Gasteiger partial charge in [0.25, 0.3) is 0 Å². The summed E-state index contributed by atoms with van der Waals surface area (Å²) in [5.41, 5.74) is 1.21. The number of likely N-dealkylation sites (tertiary alicyclic amines) is 1. The Bertz CT molecular complexity index is 483. The Balaban J connectivity index is 1.90. The highest BCUT2D eigenvalue weighted by atomic mass is 79.9. The third-order valence-corrected chi connectivity index (χ3v) is 4.48. The van der Waals surface area contributed by atoms with E-state index in [0.29, 0.717) is 6.04 Å². The van der Waals surface area contributed by atoms with Crippen LogP contribution in [-0.2, 0) is 0 Å². The fourth-order valence-corrected chi connectivity index (χ4v) is 3.41. The Morgan fingerprint density at radius 2 is 2.15 bits per heavy atom. The number of hydrogen-bond donors (Lipinski definition) is 1. The SMILES string of the molecule is COc1cc(Br)cc(C2CCCN2)c1OC1CN(C)C1. The molecule has 1 aromatic rings. The van der Waals surface area contributed by atoms with Crippen molar-refractivity contribution in [1.82, 2.24) is 10.2 Å². The molecule has 3 rings (SSSR count). The minimum atomic E-state index is 0.273. The highest BCUT2D eigenvalue weighted by molar-refractivity contribution is 9.10. The van der Waals surface area contributed by atoms with Crippen molar-refractivity contribution in [3.8, 4) is 11.5 Å². The minimum Gasteiger partial charge on any atom is -0.493 e. The predicted molar refractivity (Wildman–Crippen MR) is 82.6 cm³/mol. The lowest BCUT2D eigenvalue weighted by molar-refractivity contribution is 0.0359. The van der Waals surface area contributed by atoms with Crippen LogP contribution in [0.4, 0.5) is 0 Å². The fraction of sp³-hybridized carbons (Fsp3) is 0.600. The molecule has 5 heteroatoms. The maximum Gasteiger partial charge on any atom is 0.166 e. The molecule has 2 heterocycles. The number of nitrogens with one attached hydrogen (secondary N) is 1. The normalized spacial score (nSPS) is 23.6. The van der Waals surface area contributed by atoms with Crippen molar-refractivity contribution in [2.45, 2.75) is 25.0 Å². The molecular weight excluding hydrogens is 320 g/mol. The predicted octanol–water partition coefficient (Wildman–Crippen LogP) is 2.58. The van der Waals surface area contributed by atoms with Gasteiger partial charge in [-0.2, -0.15) is 0 Å². The second-order valence-electron chi connectivity index (χ2n) is 5.64. The van der Waals surface area contributed by atoms with Gasteiger partial charge in [-0.05, 0) is 38.6 Å². The van der Waals surface area contributed by atoms with Gasteiger partial charge in [-0.25, -0.2) is 0 Å². The summed E-state index contributed by atoms with van der Waals surface area (Å²) >= 11 is 3.57. The van der Waals surface area contributed by atoms with E-state index in [2.05, 4.69) is 39.3 Å². The van der Waals surface area contributed by atoms with E-state index in [1.54, 1.807) is 7.11 Å². The molecule has 2 aliphatic heterocycles. The fourth-order valence-electron chi connectivity index (χ4n) is 2.96. The summed E-state index contributed by atoms with van der Waals surface area (Å²) in [5, 5.41) is 3.54. The third kappa shape index (κ3) is 2.80. The molecule has 1 atom stereocenters. The lowest BCUT2D eigenvalue weighted by Crippen LogP contribution is -2.51. The zero-order chi connectivity index (χ0) is 14.1. The van der Waals surface area contributed by atoms with Gasteiger partial charge in [-0.1, -0.05) is 15.9 Å². The van der Waals surface area contributed by atoms with Crippen LogP contribution in [0, 0.1) is 0 Å². The van der Waals surface area contributed by atoms with Gasteiger partial charge in [0.05, 0.1) is 7.11 Å². The zero-order valence-electron chi connectivity index (χ0n) is 12.0. The smallest absolute Gasteiger partial charge is 0.166 e. The van der Waals surface area contributed by atoms with Crippen molar-refractivity contribution in [1.29, 1.82) is 0 Å². The quantitative estimate of drug-likeness (QED) is 0.913. The standard InChI is InChI=1S/C15H21BrN2O2/c1-18-8-11(9-18)20-15-12(13-4-3-5-17-13)6-10(16)7-14(15)19-2/h6-7,11,13,17H,3-5,8-9H2,1-2H3. The molecule has 0 aliphatic carbocycles. The first-order valence-corrected chi connectivity index (χ1v) is 7.92. The van der Waals surface area contributed by atoms with Gasteiger partial charge in [0.1, 0.15) is 6.10 Å². The van der Waals surface area contributed by atoms with E-state index in [9.17, 15) is 0 Å². The number of nitrogens with zero attached hydrogens (tertiary/aromatic N) is 1. The molecule has 2 aliphatic rings. The maximum atomic E-state index is 6.21. The molecule has 1 unspecified atom stereocenters. The zero-order valence-corrected chi connectivity index (χ0v) is 13.6. The van der Waals surface area contributed by atoms with Crippen molar-refractivity contribution in [2.75, 3.05) is 33.8 Å². The van der Waals surface area contributed by atoms with Crippen LogP contribution in [0.1, 0.15) is 24.4 Å². The number of likely N-dealkylation sites (N-methyl/N-ethyl adjacent to an activating group) is 1. The maximum absolute atomic E-state index is 6.21. The van der Waals surface area contributed by atoms with Gasteiger partial charge in [0.15, 0.2) is 11.5 Å². The monoisotopic (exact) mass is 340 g/mol. The molecule has 0 radical (unpaired) electrons. The summed E-state index contributed by atoms with van der Waals surface area (Å²) in [6.07, 6.45) is 2.64. The average molecular weight is 341 g/mol. The molecule has 2 saturated heterocycles. The highest BCUT2D eigenvalue weighted by Gasteiger charge is 2.29. The van der Waals surface area contributed by atoms with Crippen molar-refractivity contribution < 1.29 is 9.47 Å². The van der Waals surface area contributed by atoms with Crippen molar-refractivity contribution in [3.05, 3.63) is 22.2 Å². The van der Waals surface area contributed by atoms with E-state index in [1.807, 2.05) is 6.07 Å². The molecule has 0 spiro atoms. The average Bonchev–Trinajstić information content (AvgIpc) is 2.91. The van der Waals surface area contributed by atoms with Gasteiger partial charge >= 0.3 is 0 Å². The van der Waals surface area contributed by atoms with Crippen LogP contribution < -0.4 is 14.8 Å². The molecule has 1 N–H and O–H groups in total. The first-order chi connectivity index (χ1) is 9.67. The van der Waals surface area contributed by atoms with Crippen molar-refractivity contribution in [2.24, 2.45) is 0 Å². The number of ether oxygens (including phenoxy) is 2. The van der Waals surface area contributed by atoms with Crippen LogP contribution in [0.3, 0.4) is 0 Å². The van der Waals surface area contributed by atoms with Gasteiger partial charge in [-0.3, -0.25) is 4.90 Å². The number of halogens is 1. The Labute approximate surface area is 128 Å². The highest BCUT2D eigenvalue weighted by Crippen LogP contribution is 2.41. The number of rotatable bonds is 4. The first kappa shape index (κ1) is 14.2. The molecule has 20 heavy (non-hydrogen) atoms. The van der Waals surface area contributed by atoms with Crippen LogP contribution in [0.5, 0.6) is 11.5 Å². The summed E-state index contributed by atoms with van der Waals surface area (Å²) in [6.45, 7) is 3.04. The third-order valence-electron chi connectivity index (χ3n) is 4.02. The van der Waals surface area contributed by atoms with Crippen LogP contribution in [0.15, 0.2) is 16.6 Å². The van der Waals surface area contributed by atoms with E-state index >= 15 is 0 Å². The summed E-state index contributed by atoms with van der Waals surface area (Å²) in [5.74, 6) is 1.73. The first-order valence-electron chi connectivity index (χ1n) is 7.13. The molecule has 0 saturated carbocycles. The Morgan fingerprint density at radius 3 is 2.75 bits per heavy atom. The largest absolute Gasteiger partial charge is 0.493 e. The van der Waals surface area contributed by atoms with Gasteiger partial charge in [0, 0.05) is 29.2 Å². The van der Waals surface area contributed by atoms with Gasteiger partial charge in [0.2, 0.25) is 0 Å². The van der Waals surface area contributed by atoms with Crippen LogP contribution in [0.2, 0.25) is 0 Å². The van der Waals surface area contributed by atoms with E-state index in [4.69, 9.17) is 9.47 Å². The summed E-state index contributed by atoms with van der Waals surface area (Å²) < 4.78 is 12.8. The van der Waals surface area contributed by atoms with Crippen LogP contribution in [-0.4, -0.2) is 44.8 Å². The van der Waals surface area contributed by atoms with E-state index in [-0.39, 0.29) is 6.10 Å². The molecule has 0 bridgehead atoms. The van der Waals surface area contributed by atoms with Gasteiger partial charge in [-0.15, -0.1) is 0 Å². The van der Waals surface area contributed by atoms with Crippen molar-refractivity contribution in [3.63, 3.8) is 0 Å². The molecule has 0 amide bonds. The number of benzene rings is 1. The lowest BCUT2D eigenvalue weighted by Gasteiger charge is -2.37. The Hall–Kier alpha value is -0.780. The van der Waals surface area contributed by atoms with Gasteiger partial charge < -0.3 is 14.8 Å². The second-order valence-corrected chi connectivity index (χ2v) is 6.55. The Morgan fingerprint density at radius 1 is 1.35 bits per heavy atom. The number of methoxy groups -OCH3 is 1. The molecule has 2 fully saturated rings. The summed E-state index contributed by atoms with van der Waals surface area (Å²) in [6, 6.07) is 4.51. The molecule has 110 valence electrons. The number of hydrogen-bond acceptors (Lipinski definition) is 4.